The van der Waals surface area contributed by atoms with Crippen LogP contribution in [0.2, 0.25) is 0 Å². The second kappa shape index (κ2) is 4.70. The molecular formula is C16H18N2O. The Morgan fingerprint density at radius 1 is 1.21 bits per heavy atom. The predicted octanol–water partition coefficient (Wildman–Crippen LogP) is 2.74. The van der Waals surface area contributed by atoms with Crippen molar-refractivity contribution in [2.75, 3.05) is 0 Å². The van der Waals surface area contributed by atoms with Gasteiger partial charge in [-0.2, -0.15) is 5.26 Å². The summed E-state index contributed by atoms with van der Waals surface area (Å²) in [5.74, 6) is -0.0674. The van der Waals surface area contributed by atoms with E-state index in [0.717, 1.165) is 50.5 Å². The van der Waals surface area contributed by atoms with Crippen LogP contribution in [0, 0.1) is 11.3 Å². The summed E-state index contributed by atoms with van der Waals surface area (Å²) >= 11 is 0. The average Bonchev–Trinajstić information content (AvgIpc) is 3.06. The van der Waals surface area contributed by atoms with Gasteiger partial charge in [0.2, 0.25) is 0 Å². The Morgan fingerprint density at radius 3 is 2.74 bits per heavy atom. The molecule has 0 aliphatic heterocycles. The van der Waals surface area contributed by atoms with E-state index in [4.69, 9.17) is 0 Å². The summed E-state index contributed by atoms with van der Waals surface area (Å²) in [4.78, 5) is 12.5. The highest BCUT2D eigenvalue weighted by atomic mass is 16.1. The second-order valence-corrected chi connectivity index (χ2v) is 5.65. The number of nitriles is 1. The minimum absolute atomic E-state index is 0.0674. The molecule has 0 spiro atoms. The maximum Gasteiger partial charge on any atom is 0.252 e. The van der Waals surface area contributed by atoms with Gasteiger partial charge in [0, 0.05) is 5.56 Å². The lowest BCUT2D eigenvalue weighted by Crippen LogP contribution is -2.45. The normalized spacial score (nSPS) is 19.7. The molecule has 0 atom stereocenters. The van der Waals surface area contributed by atoms with Crippen LogP contribution in [-0.4, -0.2) is 11.4 Å². The molecule has 1 saturated carbocycles. The maximum absolute atomic E-state index is 12.5. The summed E-state index contributed by atoms with van der Waals surface area (Å²) in [5.41, 5.74) is 2.63. The summed E-state index contributed by atoms with van der Waals surface area (Å²) in [6.45, 7) is 0. The Balaban J connectivity index is 1.86. The number of rotatable bonds is 2. The third-order valence-corrected chi connectivity index (χ3v) is 4.41. The molecule has 3 heteroatoms. The summed E-state index contributed by atoms with van der Waals surface area (Å²) in [6.07, 6.45) is 6.80. The van der Waals surface area contributed by atoms with Gasteiger partial charge in [-0.05, 0) is 62.1 Å². The highest BCUT2D eigenvalue weighted by Crippen LogP contribution is 2.30. The minimum Gasteiger partial charge on any atom is -0.334 e. The van der Waals surface area contributed by atoms with Crippen LogP contribution in [0.15, 0.2) is 18.2 Å². The van der Waals surface area contributed by atoms with Gasteiger partial charge in [-0.25, -0.2) is 0 Å². The van der Waals surface area contributed by atoms with Crippen LogP contribution in [0.5, 0.6) is 0 Å². The van der Waals surface area contributed by atoms with E-state index in [9.17, 15) is 10.1 Å². The van der Waals surface area contributed by atoms with E-state index >= 15 is 0 Å². The fourth-order valence-corrected chi connectivity index (χ4v) is 3.36. The molecule has 1 fully saturated rings. The van der Waals surface area contributed by atoms with Gasteiger partial charge in [-0.1, -0.05) is 12.1 Å². The van der Waals surface area contributed by atoms with Crippen molar-refractivity contribution in [3.63, 3.8) is 0 Å². The molecule has 0 saturated heterocycles. The molecule has 2 aliphatic rings. The molecule has 3 rings (SSSR count). The van der Waals surface area contributed by atoms with E-state index in [0.29, 0.717) is 0 Å². The first-order chi connectivity index (χ1) is 9.24. The first-order valence-corrected chi connectivity index (χ1v) is 7.09. The highest BCUT2D eigenvalue weighted by molar-refractivity contribution is 5.97. The standard InChI is InChI=1S/C16H18N2O/c17-11-16(9-1-2-10-16)18-15(19)14-8-4-6-12-5-3-7-13(12)14/h4,6,8H,1-3,5,7,9-10H2,(H,18,19). The topological polar surface area (TPSA) is 52.9 Å². The molecule has 0 unspecified atom stereocenters. The Morgan fingerprint density at radius 2 is 2.00 bits per heavy atom. The quantitative estimate of drug-likeness (QED) is 0.882. The zero-order chi connectivity index (χ0) is 13.3. The van der Waals surface area contributed by atoms with Crippen molar-refractivity contribution in [1.29, 1.82) is 5.26 Å². The van der Waals surface area contributed by atoms with E-state index in [1.54, 1.807) is 0 Å². The fourth-order valence-electron chi connectivity index (χ4n) is 3.36. The van der Waals surface area contributed by atoms with Crippen molar-refractivity contribution in [3.8, 4) is 6.07 Å². The maximum atomic E-state index is 12.5. The van der Waals surface area contributed by atoms with Gasteiger partial charge >= 0.3 is 0 Å². The number of aryl methyl sites for hydroxylation is 1. The van der Waals surface area contributed by atoms with Crippen LogP contribution in [0.1, 0.15) is 53.6 Å². The van der Waals surface area contributed by atoms with Gasteiger partial charge < -0.3 is 5.32 Å². The lowest BCUT2D eigenvalue weighted by Gasteiger charge is -2.22. The highest BCUT2D eigenvalue weighted by Gasteiger charge is 2.36. The lowest BCUT2D eigenvalue weighted by atomic mass is 9.97. The summed E-state index contributed by atoms with van der Waals surface area (Å²) in [6, 6.07) is 8.26. The number of benzene rings is 1. The van der Waals surface area contributed by atoms with E-state index in [1.807, 2.05) is 12.1 Å². The summed E-state index contributed by atoms with van der Waals surface area (Å²) in [5, 5.41) is 12.3. The van der Waals surface area contributed by atoms with Gasteiger partial charge in [-0.3, -0.25) is 4.79 Å². The first kappa shape index (κ1) is 12.2. The number of hydrogen-bond acceptors (Lipinski definition) is 2. The zero-order valence-corrected chi connectivity index (χ0v) is 11.0. The molecule has 1 N–H and O–H groups in total. The molecule has 1 aromatic carbocycles. The molecule has 0 heterocycles. The molecule has 0 bridgehead atoms. The molecule has 98 valence electrons. The molecule has 3 nitrogen and oxygen atoms in total. The summed E-state index contributed by atoms with van der Waals surface area (Å²) < 4.78 is 0. The fraction of sp³-hybridized carbons (Fsp3) is 0.500. The predicted molar refractivity (Wildman–Crippen MR) is 72.7 cm³/mol. The van der Waals surface area contributed by atoms with Crippen molar-refractivity contribution in [2.24, 2.45) is 0 Å². The van der Waals surface area contributed by atoms with Gasteiger partial charge in [-0.15, -0.1) is 0 Å². The Hall–Kier alpha value is -1.82. The first-order valence-electron chi connectivity index (χ1n) is 7.09. The molecule has 1 aromatic rings. The SMILES string of the molecule is N#CC1(NC(=O)c2cccc3c2CCC3)CCCC1. The second-order valence-electron chi connectivity index (χ2n) is 5.65. The van der Waals surface area contributed by atoms with E-state index < -0.39 is 5.54 Å². The van der Waals surface area contributed by atoms with Gasteiger partial charge in [0.15, 0.2) is 0 Å². The van der Waals surface area contributed by atoms with Crippen molar-refractivity contribution >= 4 is 5.91 Å². The minimum atomic E-state index is -0.627. The van der Waals surface area contributed by atoms with Crippen molar-refractivity contribution in [1.82, 2.24) is 5.32 Å². The molecule has 0 aromatic heterocycles. The number of carbonyl (C=O) groups excluding carboxylic acids is 1. The third kappa shape index (κ3) is 2.12. The number of hydrogen-bond donors (Lipinski definition) is 1. The van der Waals surface area contributed by atoms with Crippen LogP contribution in [-0.2, 0) is 12.8 Å². The smallest absolute Gasteiger partial charge is 0.252 e. The molecule has 1 amide bonds. The Bertz CT molecular complexity index is 550. The Kier molecular flexibility index (Phi) is 3.02. The van der Waals surface area contributed by atoms with E-state index in [-0.39, 0.29) is 5.91 Å². The Labute approximate surface area is 113 Å². The van der Waals surface area contributed by atoms with Gasteiger partial charge in [0.1, 0.15) is 5.54 Å². The molecule has 19 heavy (non-hydrogen) atoms. The van der Waals surface area contributed by atoms with Crippen molar-refractivity contribution in [3.05, 3.63) is 34.9 Å². The largest absolute Gasteiger partial charge is 0.334 e. The van der Waals surface area contributed by atoms with Crippen molar-refractivity contribution in [2.45, 2.75) is 50.5 Å². The number of nitrogens with zero attached hydrogens (tertiary/aromatic N) is 1. The molecule has 0 radical (unpaired) electrons. The monoisotopic (exact) mass is 254 g/mol. The molecular weight excluding hydrogens is 236 g/mol. The lowest BCUT2D eigenvalue weighted by molar-refractivity contribution is 0.0920. The van der Waals surface area contributed by atoms with Crippen LogP contribution in [0.4, 0.5) is 0 Å². The number of carbonyl (C=O) groups is 1. The van der Waals surface area contributed by atoms with Crippen LogP contribution < -0.4 is 5.32 Å². The average molecular weight is 254 g/mol. The molecule has 2 aliphatic carbocycles. The van der Waals surface area contributed by atoms with Crippen LogP contribution in [0.3, 0.4) is 0 Å². The van der Waals surface area contributed by atoms with E-state index in [1.165, 1.54) is 11.1 Å². The number of amides is 1. The van der Waals surface area contributed by atoms with Crippen LogP contribution >= 0.6 is 0 Å². The van der Waals surface area contributed by atoms with Gasteiger partial charge in [0.05, 0.1) is 6.07 Å². The van der Waals surface area contributed by atoms with Gasteiger partial charge in [0.25, 0.3) is 5.91 Å². The third-order valence-electron chi connectivity index (χ3n) is 4.41. The summed E-state index contributed by atoms with van der Waals surface area (Å²) in [7, 11) is 0. The van der Waals surface area contributed by atoms with E-state index in [2.05, 4.69) is 17.5 Å². The van der Waals surface area contributed by atoms with Crippen molar-refractivity contribution < 1.29 is 4.79 Å². The zero-order valence-electron chi connectivity index (χ0n) is 11.0. The number of fused-ring (bicyclic) bond motifs is 1. The van der Waals surface area contributed by atoms with Crippen LogP contribution in [0.25, 0.3) is 0 Å². The number of nitrogens with one attached hydrogen (secondary N) is 1.